The van der Waals surface area contributed by atoms with Gasteiger partial charge in [-0.3, -0.25) is 4.99 Å². The number of nitrogens with zero attached hydrogens (tertiary/aromatic N) is 3. The molecule has 0 amide bonds. The summed E-state index contributed by atoms with van der Waals surface area (Å²) in [6, 6.07) is 10.5. The Bertz CT molecular complexity index is 774. The molecule has 6 nitrogen and oxygen atoms in total. The number of benzene rings is 1. The van der Waals surface area contributed by atoms with Gasteiger partial charge in [0.1, 0.15) is 6.61 Å². The number of anilines is 2. The molecule has 3 N–H and O–H groups in total. The first kappa shape index (κ1) is 21.4. The van der Waals surface area contributed by atoms with E-state index in [0.29, 0.717) is 24.1 Å². The molecule has 6 heteroatoms. The molecule has 1 heterocycles. The fraction of sp³-hybridized carbons (Fsp3) is 0.409. The van der Waals surface area contributed by atoms with Crippen LogP contribution in [0.2, 0.25) is 0 Å². The van der Waals surface area contributed by atoms with E-state index in [1.54, 1.807) is 6.20 Å². The Labute approximate surface area is 168 Å². The van der Waals surface area contributed by atoms with Crippen LogP contribution in [0.25, 0.3) is 0 Å². The molecule has 1 aromatic heterocycles. The molecule has 28 heavy (non-hydrogen) atoms. The Kier molecular flexibility index (Phi) is 8.98. The van der Waals surface area contributed by atoms with Crippen molar-refractivity contribution in [3.05, 3.63) is 53.9 Å². The van der Waals surface area contributed by atoms with E-state index in [1.165, 1.54) is 5.56 Å². The largest absolute Gasteiger partial charge is 0.484 e. The van der Waals surface area contributed by atoms with Crippen LogP contribution >= 0.6 is 0 Å². The van der Waals surface area contributed by atoms with Crippen LogP contribution < -0.4 is 15.8 Å². The Morgan fingerprint density at radius 2 is 2.11 bits per heavy atom. The van der Waals surface area contributed by atoms with Crippen LogP contribution in [0.4, 0.5) is 11.8 Å². The van der Waals surface area contributed by atoms with Crippen molar-refractivity contribution in [2.24, 2.45) is 4.99 Å². The van der Waals surface area contributed by atoms with Crippen molar-refractivity contribution >= 4 is 18.0 Å². The summed E-state index contributed by atoms with van der Waals surface area (Å²) in [5.74, 6) is 1.91. The molecule has 0 bridgehead atoms. The van der Waals surface area contributed by atoms with E-state index in [4.69, 9.17) is 10.5 Å². The van der Waals surface area contributed by atoms with Gasteiger partial charge in [0.05, 0.1) is 6.20 Å². The molecule has 2 rings (SSSR count). The van der Waals surface area contributed by atoms with Gasteiger partial charge in [0.25, 0.3) is 0 Å². The summed E-state index contributed by atoms with van der Waals surface area (Å²) in [4.78, 5) is 12.7. The van der Waals surface area contributed by atoms with Gasteiger partial charge in [-0.1, -0.05) is 50.6 Å². The summed E-state index contributed by atoms with van der Waals surface area (Å²) >= 11 is 0. The fourth-order valence-corrected chi connectivity index (χ4v) is 2.55. The average Bonchev–Trinajstić information content (AvgIpc) is 2.71. The molecule has 0 saturated heterocycles. The summed E-state index contributed by atoms with van der Waals surface area (Å²) in [7, 11) is 0. The molecule has 2 aromatic rings. The molecule has 0 aliphatic rings. The van der Waals surface area contributed by atoms with Crippen molar-refractivity contribution < 1.29 is 4.74 Å². The molecule has 0 aliphatic heterocycles. The lowest BCUT2D eigenvalue weighted by Gasteiger charge is -2.12. The van der Waals surface area contributed by atoms with Gasteiger partial charge in [-0.2, -0.15) is 4.98 Å². The van der Waals surface area contributed by atoms with Crippen molar-refractivity contribution in [2.45, 2.75) is 46.0 Å². The lowest BCUT2D eigenvalue weighted by Crippen LogP contribution is -2.09. The average molecular weight is 382 g/mol. The van der Waals surface area contributed by atoms with Crippen LogP contribution in [0.15, 0.2) is 53.3 Å². The van der Waals surface area contributed by atoms with Gasteiger partial charge in [-0.05, 0) is 36.8 Å². The summed E-state index contributed by atoms with van der Waals surface area (Å²) in [6.45, 7) is 7.57. The Balaban J connectivity index is 1.85. The predicted molar refractivity (Wildman–Crippen MR) is 117 cm³/mol. The van der Waals surface area contributed by atoms with Crippen LogP contribution in [0.5, 0.6) is 5.75 Å². The minimum absolute atomic E-state index is 0.232. The zero-order chi connectivity index (χ0) is 20.2. The van der Waals surface area contributed by atoms with Crippen LogP contribution in [0.3, 0.4) is 0 Å². The van der Waals surface area contributed by atoms with E-state index in [-0.39, 0.29) is 5.95 Å². The lowest BCUT2D eigenvalue weighted by atomic mass is 9.99. The first-order valence-corrected chi connectivity index (χ1v) is 9.81. The molecule has 1 aromatic carbocycles. The number of hydrogen-bond donors (Lipinski definition) is 2. The second-order valence-corrected chi connectivity index (χ2v) is 6.86. The Morgan fingerprint density at radius 1 is 1.32 bits per heavy atom. The molecule has 1 atom stereocenters. The molecule has 0 aliphatic carbocycles. The summed E-state index contributed by atoms with van der Waals surface area (Å²) < 4.78 is 5.85. The van der Waals surface area contributed by atoms with Crippen molar-refractivity contribution in [3.63, 3.8) is 0 Å². The van der Waals surface area contributed by atoms with Crippen molar-refractivity contribution in [1.82, 2.24) is 9.97 Å². The van der Waals surface area contributed by atoms with Crippen LogP contribution in [-0.2, 0) is 0 Å². The van der Waals surface area contributed by atoms with E-state index in [1.807, 2.05) is 25.4 Å². The first-order valence-electron chi connectivity index (χ1n) is 9.81. The quantitative estimate of drug-likeness (QED) is 0.430. The van der Waals surface area contributed by atoms with Crippen LogP contribution in [0.1, 0.15) is 51.5 Å². The normalized spacial score (nSPS) is 12.9. The number of unbranched alkanes of at least 4 members (excludes halogenated alkanes) is 1. The highest BCUT2D eigenvalue weighted by Gasteiger charge is 2.07. The number of aromatic nitrogens is 2. The zero-order valence-electron chi connectivity index (χ0n) is 17.1. The second-order valence-electron chi connectivity index (χ2n) is 6.86. The van der Waals surface area contributed by atoms with E-state index < -0.39 is 0 Å². The highest BCUT2D eigenvalue weighted by atomic mass is 16.5. The minimum Gasteiger partial charge on any atom is -0.484 e. The molecule has 150 valence electrons. The van der Waals surface area contributed by atoms with Crippen molar-refractivity contribution in [1.29, 1.82) is 0 Å². The maximum atomic E-state index is 5.85. The van der Waals surface area contributed by atoms with Crippen molar-refractivity contribution in [2.75, 3.05) is 24.2 Å². The third-order valence-corrected chi connectivity index (χ3v) is 4.28. The lowest BCUT2D eigenvalue weighted by molar-refractivity contribution is 0.350. The van der Waals surface area contributed by atoms with Crippen molar-refractivity contribution in [3.8, 4) is 5.75 Å². The van der Waals surface area contributed by atoms with Gasteiger partial charge < -0.3 is 15.8 Å². The molecular formula is C22H31N5O. The number of nitrogens with one attached hydrogen (secondary N) is 1. The molecule has 0 unspecified atom stereocenters. The van der Waals surface area contributed by atoms with Gasteiger partial charge in [0.2, 0.25) is 5.95 Å². The molecule has 0 radical (unpaired) electrons. The van der Waals surface area contributed by atoms with Gasteiger partial charge in [-0.25, -0.2) is 4.98 Å². The van der Waals surface area contributed by atoms with Gasteiger partial charge in [-0.15, -0.1) is 0 Å². The second kappa shape index (κ2) is 11.7. The first-order chi connectivity index (χ1) is 13.6. The fourth-order valence-electron chi connectivity index (χ4n) is 2.55. The highest BCUT2D eigenvalue weighted by molar-refractivity contribution is 5.59. The zero-order valence-corrected chi connectivity index (χ0v) is 17.1. The van der Waals surface area contributed by atoms with Gasteiger partial charge >= 0.3 is 0 Å². The SMILES string of the molecule is CCCCNc1nc(N)ncc1OC/C(C)=C/N=CC[C@H](C)c1ccccc1. The molecule has 0 fully saturated rings. The van der Waals surface area contributed by atoms with Crippen LogP contribution in [-0.4, -0.2) is 29.3 Å². The Hall–Kier alpha value is -2.89. The van der Waals surface area contributed by atoms with Crippen LogP contribution in [0, 0.1) is 0 Å². The predicted octanol–water partition coefficient (Wildman–Crippen LogP) is 4.82. The van der Waals surface area contributed by atoms with Gasteiger partial charge in [0, 0.05) is 19.0 Å². The summed E-state index contributed by atoms with van der Waals surface area (Å²) in [5, 5.41) is 3.25. The van der Waals surface area contributed by atoms with E-state index in [0.717, 1.165) is 31.4 Å². The van der Waals surface area contributed by atoms with E-state index >= 15 is 0 Å². The highest BCUT2D eigenvalue weighted by Crippen LogP contribution is 2.22. The number of aliphatic imine (C=N–C) groups is 1. The minimum atomic E-state index is 0.232. The third-order valence-electron chi connectivity index (χ3n) is 4.28. The standard InChI is InChI=1S/C22H31N5O/c1-4-5-12-25-21-20(15-26-22(23)27-21)28-16-17(2)14-24-13-11-18(3)19-9-7-6-8-10-19/h6-10,13-15,18H,4-5,11-12,16H2,1-3H3,(H3,23,25,26,27)/b17-14+,24-13?/t18-/m0/s1. The maximum Gasteiger partial charge on any atom is 0.222 e. The monoisotopic (exact) mass is 381 g/mol. The number of nitrogens with two attached hydrogens (primary N) is 1. The van der Waals surface area contributed by atoms with E-state index in [9.17, 15) is 0 Å². The molecule has 0 spiro atoms. The number of hydrogen-bond acceptors (Lipinski definition) is 6. The smallest absolute Gasteiger partial charge is 0.222 e. The van der Waals surface area contributed by atoms with E-state index in [2.05, 4.69) is 58.4 Å². The number of ether oxygens (including phenoxy) is 1. The third kappa shape index (κ3) is 7.39. The summed E-state index contributed by atoms with van der Waals surface area (Å²) in [6.07, 6.45) is 8.44. The molecule has 0 saturated carbocycles. The number of rotatable bonds is 11. The summed E-state index contributed by atoms with van der Waals surface area (Å²) in [5.41, 5.74) is 8.02. The maximum absolute atomic E-state index is 5.85. The van der Waals surface area contributed by atoms with Gasteiger partial charge in [0.15, 0.2) is 11.6 Å². The topological polar surface area (TPSA) is 85.4 Å². The number of nitrogen functional groups attached to an aromatic ring is 1. The molecular weight excluding hydrogens is 350 g/mol. The Morgan fingerprint density at radius 3 is 2.86 bits per heavy atom.